The number of carbonyl (C=O) groups is 3. The van der Waals surface area contributed by atoms with Crippen LogP contribution in [0.1, 0.15) is 72.8 Å². The molecule has 2 aliphatic rings. The Morgan fingerprint density at radius 3 is 2.34 bits per heavy atom. The summed E-state index contributed by atoms with van der Waals surface area (Å²) in [6, 6.07) is 6.05. The smallest absolute Gasteiger partial charge is 0.333 e. The average molecular weight is 551 g/mol. The SMILES string of the molecule is CC[C@@]12CCC(=O)[C@H]1[C@@](C)(C(C)C)[C@H](OC(=O)COS(=O)(=O)c1ccc(C)cc1)C[C@](C)(C=O)[C@@H](O)[C@@H]2C. The zero-order valence-corrected chi connectivity index (χ0v) is 24.3. The lowest BCUT2D eigenvalue weighted by Crippen LogP contribution is -2.61. The lowest BCUT2D eigenvalue weighted by atomic mass is 9.48. The maximum absolute atomic E-state index is 13.5. The number of Topliss-reactive ketones (excluding diaryl/α,β-unsaturated/α-hetero) is 1. The van der Waals surface area contributed by atoms with E-state index < -0.39 is 57.1 Å². The van der Waals surface area contributed by atoms with Gasteiger partial charge in [-0.25, -0.2) is 4.79 Å². The van der Waals surface area contributed by atoms with Crippen LogP contribution in [-0.2, 0) is 33.4 Å². The van der Waals surface area contributed by atoms with Crippen molar-refractivity contribution in [1.29, 1.82) is 0 Å². The van der Waals surface area contributed by atoms with Gasteiger partial charge in [0.2, 0.25) is 0 Å². The third-order valence-electron chi connectivity index (χ3n) is 9.82. The topological polar surface area (TPSA) is 124 Å². The molecule has 9 heteroatoms. The van der Waals surface area contributed by atoms with Gasteiger partial charge in [0, 0.05) is 17.8 Å². The number of fused-ring (bicyclic) bond motifs is 1. The highest BCUT2D eigenvalue weighted by atomic mass is 32.2. The Morgan fingerprint density at radius 2 is 1.82 bits per heavy atom. The number of hydrogen-bond acceptors (Lipinski definition) is 8. The number of aliphatic hydroxyl groups is 1. The maximum Gasteiger partial charge on any atom is 0.333 e. The third-order valence-corrected chi connectivity index (χ3v) is 11.1. The lowest BCUT2D eigenvalue weighted by Gasteiger charge is -2.57. The van der Waals surface area contributed by atoms with Crippen LogP contribution >= 0.6 is 0 Å². The van der Waals surface area contributed by atoms with Crippen LogP contribution in [0.3, 0.4) is 0 Å². The Labute approximate surface area is 226 Å². The molecule has 3 rings (SSSR count). The molecule has 8 nitrogen and oxygen atoms in total. The highest BCUT2D eigenvalue weighted by molar-refractivity contribution is 7.86. The largest absolute Gasteiger partial charge is 0.460 e. The molecule has 2 fully saturated rings. The second kappa shape index (κ2) is 10.8. The van der Waals surface area contributed by atoms with Crippen molar-refractivity contribution in [2.75, 3.05) is 6.61 Å². The predicted molar refractivity (Wildman–Crippen MR) is 142 cm³/mol. The Bertz CT molecular complexity index is 1160. The summed E-state index contributed by atoms with van der Waals surface area (Å²) in [6.07, 6.45) is 0.290. The summed E-state index contributed by atoms with van der Waals surface area (Å²) in [4.78, 5) is 38.9. The summed E-state index contributed by atoms with van der Waals surface area (Å²) in [7, 11) is -4.20. The minimum Gasteiger partial charge on any atom is -0.460 e. The first-order valence-corrected chi connectivity index (χ1v) is 14.8. The van der Waals surface area contributed by atoms with Crippen molar-refractivity contribution in [2.24, 2.45) is 34.0 Å². The molecule has 0 saturated heterocycles. The van der Waals surface area contributed by atoms with Crippen molar-refractivity contribution in [3.05, 3.63) is 29.8 Å². The first-order valence-electron chi connectivity index (χ1n) is 13.4. The van der Waals surface area contributed by atoms with Crippen molar-refractivity contribution in [3.8, 4) is 0 Å². The summed E-state index contributed by atoms with van der Waals surface area (Å²) >= 11 is 0. The van der Waals surface area contributed by atoms with Crippen LogP contribution in [0, 0.1) is 40.9 Å². The van der Waals surface area contributed by atoms with Crippen molar-refractivity contribution in [2.45, 2.75) is 91.3 Å². The molecule has 0 unspecified atom stereocenters. The van der Waals surface area contributed by atoms with Crippen LogP contribution in [0.5, 0.6) is 0 Å². The normalized spacial score (nSPS) is 35.9. The van der Waals surface area contributed by atoms with E-state index in [4.69, 9.17) is 8.92 Å². The standard InChI is InChI=1S/C29H42O8S/c1-8-29-14-13-22(31)25(29)28(7,18(2)3)23(15-27(6,17-30)26(33)20(29)5)37-24(32)16-36-38(34,35)21-11-9-19(4)10-12-21/h9-12,17-18,20,23,25-26,33H,8,13-16H2,1-7H3/t20-,23+,25-,26-,27+,28-,29-/m0/s1. The molecule has 0 spiro atoms. The molecule has 1 N–H and O–H groups in total. The minimum atomic E-state index is -4.20. The third kappa shape index (κ3) is 5.09. The zero-order chi connectivity index (χ0) is 28.7. The summed E-state index contributed by atoms with van der Waals surface area (Å²) in [6.45, 7) is 12.4. The van der Waals surface area contributed by atoms with Gasteiger partial charge in [0.05, 0.1) is 16.4 Å². The molecule has 0 aliphatic heterocycles. The molecular weight excluding hydrogens is 508 g/mol. The highest BCUT2D eigenvalue weighted by Crippen LogP contribution is 2.63. The van der Waals surface area contributed by atoms with Gasteiger partial charge >= 0.3 is 5.97 Å². The second-order valence-corrected chi connectivity index (χ2v) is 13.7. The quantitative estimate of drug-likeness (QED) is 0.289. The van der Waals surface area contributed by atoms with Gasteiger partial charge in [-0.05, 0) is 55.6 Å². The van der Waals surface area contributed by atoms with Crippen LogP contribution in [0.25, 0.3) is 0 Å². The van der Waals surface area contributed by atoms with E-state index >= 15 is 0 Å². The van der Waals surface area contributed by atoms with Crippen LogP contribution < -0.4 is 0 Å². The monoisotopic (exact) mass is 550 g/mol. The number of rotatable bonds is 8. The van der Waals surface area contributed by atoms with E-state index in [1.807, 2.05) is 41.5 Å². The van der Waals surface area contributed by atoms with E-state index in [1.165, 1.54) is 12.1 Å². The van der Waals surface area contributed by atoms with Gasteiger partial charge in [-0.1, -0.05) is 59.2 Å². The second-order valence-electron chi connectivity index (χ2n) is 12.1. The molecule has 2 aliphatic carbocycles. The number of ether oxygens (including phenoxy) is 1. The molecule has 0 bridgehead atoms. The zero-order valence-electron chi connectivity index (χ0n) is 23.5. The number of aryl methyl sites for hydroxylation is 1. The number of aliphatic hydroxyl groups excluding tert-OH is 1. The van der Waals surface area contributed by atoms with Gasteiger partial charge in [0.1, 0.15) is 18.2 Å². The average Bonchev–Trinajstić information content (AvgIpc) is 3.22. The molecule has 0 radical (unpaired) electrons. The fraction of sp³-hybridized carbons (Fsp3) is 0.690. The van der Waals surface area contributed by atoms with Gasteiger partial charge in [0.15, 0.2) is 6.61 Å². The number of aldehydes is 1. The van der Waals surface area contributed by atoms with Gasteiger partial charge < -0.3 is 14.6 Å². The highest BCUT2D eigenvalue weighted by Gasteiger charge is 2.65. The number of ketones is 1. The molecule has 7 atom stereocenters. The molecule has 1 aromatic rings. The number of carbonyl (C=O) groups excluding carboxylic acids is 3. The van der Waals surface area contributed by atoms with Crippen molar-refractivity contribution in [1.82, 2.24) is 0 Å². The Balaban J connectivity index is 1.99. The van der Waals surface area contributed by atoms with Crippen molar-refractivity contribution >= 4 is 28.2 Å². The molecule has 0 heterocycles. The fourth-order valence-electron chi connectivity index (χ4n) is 7.02. The Kier molecular flexibility index (Phi) is 8.66. The number of hydrogen-bond donors (Lipinski definition) is 1. The van der Waals surface area contributed by atoms with Crippen LogP contribution in [-0.4, -0.2) is 50.4 Å². The first kappa shape index (κ1) is 30.4. The van der Waals surface area contributed by atoms with Crippen LogP contribution in [0.2, 0.25) is 0 Å². The number of esters is 1. The Hall–Kier alpha value is -2.10. The molecule has 2 saturated carbocycles. The summed E-state index contributed by atoms with van der Waals surface area (Å²) < 4.78 is 36.2. The molecule has 212 valence electrons. The van der Waals surface area contributed by atoms with Crippen molar-refractivity contribution in [3.63, 3.8) is 0 Å². The summed E-state index contributed by atoms with van der Waals surface area (Å²) in [5.41, 5.74) is -1.81. The molecule has 0 amide bonds. The van der Waals surface area contributed by atoms with Gasteiger partial charge in [-0.2, -0.15) is 8.42 Å². The molecule has 38 heavy (non-hydrogen) atoms. The van der Waals surface area contributed by atoms with Crippen LogP contribution in [0.15, 0.2) is 29.2 Å². The minimum absolute atomic E-state index is 0.00326. The van der Waals surface area contributed by atoms with E-state index in [0.717, 1.165) is 5.56 Å². The predicted octanol–water partition coefficient (Wildman–Crippen LogP) is 4.26. The van der Waals surface area contributed by atoms with Gasteiger partial charge in [-0.15, -0.1) is 0 Å². The van der Waals surface area contributed by atoms with E-state index in [2.05, 4.69) is 0 Å². The fourth-order valence-corrected chi connectivity index (χ4v) is 7.88. The molecule has 0 aromatic heterocycles. The Morgan fingerprint density at radius 1 is 1.21 bits per heavy atom. The maximum atomic E-state index is 13.5. The van der Waals surface area contributed by atoms with E-state index in [-0.39, 0.29) is 28.9 Å². The van der Waals surface area contributed by atoms with Gasteiger partial charge in [-0.3, -0.25) is 8.98 Å². The van der Waals surface area contributed by atoms with E-state index in [9.17, 15) is 27.9 Å². The first-order chi connectivity index (χ1) is 17.6. The molecular formula is C29H42O8S. The summed E-state index contributed by atoms with van der Waals surface area (Å²) in [5.74, 6) is -1.82. The molecule has 1 aromatic carbocycles. The van der Waals surface area contributed by atoms with E-state index in [0.29, 0.717) is 25.5 Å². The van der Waals surface area contributed by atoms with Gasteiger partial charge in [0.25, 0.3) is 10.1 Å². The number of benzene rings is 1. The van der Waals surface area contributed by atoms with Crippen LogP contribution in [0.4, 0.5) is 0 Å². The van der Waals surface area contributed by atoms with E-state index in [1.54, 1.807) is 19.1 Å². The van der Waals surface area contributed by atoms with Crippen molar-refractivity contribution < 1.29 is 36.8 Å². The lowest BCUT2D eigenvalue weighted by molar-refractivity contribution is -0.196. The summed E-state index contributed by atoms with van der Waals surface area (Å²) in [5, 5.41) is 11.5.